The second kappa shape index (κ2) is 37.2. The van der Waals surface area contributed by atoms with E-state index in [0.29, 0.717) is 36.7 Å². The number of likely N-dealkylation sites (N-methyl/N-ethyl adjacent to an activating group) is 1. The van der Waals surface area contributed by atoms with E-state index in [2.05, 4.69) is 38.2 Å². The summed E-state index contributed by atoms with van der Waals surface area (Å²) in [6.45, 7) is 4.06. The number of esters is 2. The number of phosphoric acid groups is 1. The topological polar surface area (TPSA) is 169 Å². The van der Waals surface area contributed by atoms with Crippen molar-refractivity contribution in [1.82, 2.24) is 0 Å². The molecule has 13 heteroatoms. The molecule has 1 fully saturated rings. The summed E-state index contributed by atoms with van der Waals surface area (Å²) < 4.78 is 34.4. The molecule has 12 nitrogen and oxygen atoms in total. The van der Waals surface area contributed by atoms with Gasteiger partial charge in [0.2, 0.25) is 0 Å². The summed E-state index contributed by atoms with van der Waals surface area (Å²) in [5.74, 6) is -1.23. The monoisotopic (exact) mass is 915 g/mol. The normalized spacial score (nSPS) is 20.2. The lowest BCUT2D eigenvalue weighted by Crippen LogP contribution is -2.37. The zero-order valence-electron chi connectivity index (χ0n) is 40.4. The van der Waals surface area contributed by atoms with Crippen LogP contribution in [0.4, 0.5) is 0 Å². The van der Waals surface area contributed by atoms with Gasteiger partial charge in [0, 0.05) is 25.2 Å². The number of aliphatic hydroxyl groups is 3. The summed E-state index contributed by atoms with van der Waals surface area (Å²) in [6.07, 6.45) is 35.3. The van der Waals surface area contributed by atoms with Crippen LogP contribution in [0.15, 0.2) is 36.5 Å². The van der Waals surface area contributed by atoms with Crippen LogP contribution in [0.2, 0.25) is 0 Å². The van der Waals surface area contributed by atoms with Crippen LogP contribution in [0.5, 0.6) is 0 Å². The van der Waals surface area contributed by atoms with Crippen LogP contribution in [-0.2, 0) is 32.7 Å². The van der Waals surface area contributed by atoms with Gasteiger partial charge in [0.05, 0.1) is 46.1 Å². The Balaban J connectivity index is 2.41. The molecule has 0 radical (unpaired) electrons. The summed E-state index contributed by atoms with van der Waals surface area (Å²) >= 11 is 0. The number of phosphoric ester groups is 1. The minimum atomic E-state index is -4.44. The number of rotatable bonds is 41. The first kappa shape index (κ1) is 59.1. The van der Waals surface area contributed by atoms with Gasteiger partial charge in [0.15, 0.2) is 6.10 Å². The number of quaternary nitrogens is 1. The maximum absolute atomic E-state index is 12.9. The highest BCUT2D eigenvalue weighted by atomic mass is 31.2. The largest absolute Gasteiger partial charge is 0.472 e. The zero-order valence-corrected chi connectivity index (χ0v) is 41.3. The number of hydrogen-bond acceptors (Lipinski definition) is 10. The molecule has 1 aliphatic rings. The molecule has 1 unspecified atom stereocenters. The summed E-state index contributed by atoms with van der Waals surface area (Å²) in [7, 11) is 1.34. The molecule has 0 aliphatic heterocycles. The van der Waals surface area contributed by atoms with E-state index in [9.17, 15) is 34.4 Å². The highest BCUT2D eigenvalue weighted by Crippen LogP contribution is 2.43. The predicted molar refractivity (Wildman–Crippen MR) is 254 cm³/mol. The molecule has 1 aliphatic carbocycles. The van der Waals surface area contributed by atoms with Gasteiger partial charge in [0.25, 0.3) is 0 Å². The molecule has 0 spiro atoms. The number of nitrogens with zero attached hydrogens (tertiary/aromatic N) is 1. The number of aliphatic hydroxyl groups excluding tert-OH is 3. The Kier molecular flexibility index (Phi) is 34.9. The molecule has 63 heavy (non-hydrogen) atoms. The Morgan fingerprint density at radius 1 is 0.698 bits per heavy atom. The third-order valence-corrected chi connectivity index (χ3v) is 12.7. The second-order valence-electron chi connectivity index (χ2n) is 18.8. The van der Waals surface area contributed by atoms with Gasteiger partial charge in [-0.3, -0.25) is 18.6 Å². The Labute approximate surface area is 383 Å². The van der Waals surface area contributed by atoms with Crippen molar-refractivity contribution in [3.63, 3.8) is 0 Å². The van der Waals surface area contributed by atoms with Crippen molar-refractivity contribution in [3.8, 4) is 0 Å². The minimum absolute atomic E-state index is 0.00775. The molecule has 0 aromatic carbocycles. The van der Waals surface area contributed by atoms with E-state index < -0.39 is 50.8 Å². The smallest absolute Gasteiger partial charge is 0.462 e. The highest BCUT2D eigenvalue weighted by molar-refractivity contribution is 7.47. The van der Waals surface area contributed by atoms with E-state index in [4.69, 9.17) is 18.5 Å². The van der Waals surface area contributed by atoms with Crippen LogP contribution < -0.4 is 0 Å². The molecule has 0 aromatic heterocycles. The van der Waals surface area contributed by atoms with Gasteiger partial charge < -0.3 is 34.2 Å². The van der Waals surface area contributed by atoms with Crippen LogP contribution >= 0.6 is 7.82 Å². The van der Waals surface area contributed by atoms with Gasteiger partial charge in [-0.15, -0.1) is 0 Å². The highest BCUT2D eigenvalue weighted by Gasteiger charge is 2.39. The van der Waals surface area contributed by atoms with Gasteiger partial charge in [0.1, 0.15) is 19.8 Å². The maximum atomic E-state index is 12.9. The van der Waals surface area contributed by atoms with Crippen molar-refractivity contribution in [2.24, 2.45) is 11.8 Å². The van der Waals surface area contributed by atoms with Gasteiger partial charge in [-0.05, 0) is 63.7 Å². The van der Waals surface area contributed by atoms with Gasteiger partial charge >= 0.3 is 19.8 Å². The molecule has 0 amide bonds. The maximum Gasteiger partial charge on any atom is 0.472 e. The summed E-state index contributed by atoms with van der Waals surface area (Å²) in [5, 5.41) is 31.5. The zero-order chi connectivity index (χ0) is 46.6. The number of hydrogen-bond donors (Lipinski definition) is 4. The molecule has 0 saturated heterocycles. The molecule has 1 saturated carbocycles. The molecular formula is C50H93NO11P+. The first-order valence-corrected chi connectivity index (χ1v) is 26.5. The van der Waals surface area contributed by atoms with Gasteiger partial charge in [-0.2, -0.15) is 0 Å². The first-order valence-electron chi connectivity index (χ1n) is 25.0. The third-order valence-electron chi connectivity index (χ3n) is 11.7. The van der Waals surface area contributed by atoms with Gasteiger partial charge in [-0.1, -0.05) is 147 Å². The van der Waals surface area contributed by atoms with E-state index in [1.54, 1.807) is 6.08 Å². The predicted octanol–water partition coefficient (Wildman–Crippen LogP) is 10.9. The SMILES string of the molecule is CCCCC/C=C\C/C=C\CCCCCCCCCCCC(=O)OC[C@H](COP(=O)(O)OCC[N+](C)(C)C)OC(=O)CCCCCC[C@@H]1[C@@H](/C=C/[C@@H](O)CCCCC)[C@H](O)C[C@@H]1O. The lowest BCUT2D eigenvalue weighted by molar-refractivity contribution is -0.870. The summed E-state index contributed by atoms with van der Waals surface area (Å²) in [4.78, 5) is 35.7. The molecule has 0 heterocycles. The van der Waals surface area contributed by atoms with E-state index in [-0.39, 0.29) is 37.9 Å². The lowest BCUT2D eigenvalue weighted by atomic mass is 9.88. The molecule has 0 bridgehead atoms. The molecule has 1 rings (SSSR count). The third kappa shape index (κ3) is 34.1. The second-order valence-corrected chi connectivity index (χ2v) is 20.3. The van der Waals surface area contributed by atoms with Gasteiger partial charge in [-0.25, -0.2) is 4.57 Å². The van der Waals surface area contributed by atoms with E-state index in [0.717, 1.165) is 77.0 Å². The fourth-order valence-corrected chi connectivity index (χ4v) is 8.53. The van der Waals surface area contributed by atoms with Crippen LogP contribution in [-0.4, -0.2) is 109 Å². The average molecular weight is 915 g/mol. The fourth-order valence-electron chi connectivity index (χ4n) is 7.79. The van der Waals surface area contributed by atoms with Crippen molar-refractivity contribution in [1.29, 1.82) is 0 Å². The Morgan fingerprint density at radius 3 is 1.87 bits per heavy atom. The van der Waals surface area contributed by atoms with Crippen LogP contribution in [0.3, 0.4) is 0 Å². The summed E-state index contributed by atoms with van der Waals surface area (Å²) in [5.41, 5.74) is 0. The Bertz CT molecular complexity index is 1290. The average Bonchev–Trinajstić information content (AvgIpc) is 3.50. The van der Waals surface area contributed by atoms with Crippen LogP contribution in [0.1, 0.15) is 187 Å². The van der Waals surface area contributed by atoms with Crippen molar-refractivity contribution in [2.75, 3.05) is 47.5 Å². The Hall–Kier alpha value is -1.89. The number of carbonyl (C=O) groups is 2. The fraction of sp³-hybridized carbons (Fsp3) is 0.840. The quantitative estimate of drug-likeness (QED) is 0.0151. The number of ether oxygens (including phenoxy) is 2. The molecular weight excluding hydrogens is 822 g/mol. The minimum Gasteiger partial charge on any atom is -0.462 e. The van der Waals surface area contributed by atoms with Crippen molar-refractivity contribution < 1.29 is 57.4 Å². The van der Waals surface area contributed by atoms with Crippen LogP contribution in [0, 0.1) is 11.8 Å². The van der Waals surface area contributed by atoms with Crippen molar-refractivity contribution >= 4 is 19.8 Å². The molecule has 7 atom stereocenters. The standard InChI is InChI=1S/C50H92NO11P/c1-6-8-10-11-12-13-14-15-16-17-18-19-20-21-22-23-24-25-30-34-49(55)59-41-44(42-61-63(57,58)60-39-38-51(3,4)5)62-50(56)35-31-27-26-29-33-45-46(48(54)40-47(45)53)37-36-43(52)32-28-9-7-2/h12-13,15-16,36-37,43-48,52-54H,6-11,14,17-35,38-42H2,1-5H3/p+1/b13-12-,16-15-,37-36+/t43-,44+,45+,46+,47-,48+/m0/s1. The van der Waals surface area contributed by atoms with Crippen molar-refractivity contribution in [3.05, 3.63) is 36.5 Å². The van der Waals surface area contributed by atoms with E-state index >= 15 is 0 Å². The number of allylic oxidation sites excluding steroid dienone is 4. The molecule has 0 aromatic rings. The summed E-state index contributed by atoms with van der Waals surface area (Å²) in [6, 6.07) is 0. The number of unbranched alkanes of at least 4 members (excludes halogenated alkanes) is 17. The number of carbonyl (C=O) groups excluding carboxylic acids is 2. The van der Waals surface area contributed by atoms with Crippen molar-refractivity contribution in [2.45, 2.75) is 212 Å². The van der Waals surface area contributed by atoms with E-state index in [1.807, 2.05) is 27.2 Å². The first-order chi connectivity index (χ1) is 30.2. The van der Waals surface area contributed by atoms with E-state index in [1.165, 1.54) is 57.8 Å². The Morgan fingerprint density at radius 2 is 1.25 bits per heavy atom. The molecule has 368 valence electrons. The molecule has 4 N–H and O–H groups in total. The van der Waals surface area contributed by atoms with Crippen LogP contribution in [0.25, 0.3) is 0 Å². The lowest BCUT2D eigenvalue weighted by Gasteiger charge is -2.24.